The van der Waals surface area contributed by atoms with Crippen molar-refractivity contribution in [2.45, 2.75) is 11.8 Å². The van der Waals surface area contributed by atoms with Crippen molar-refractivity contribution in [1.29, 1.82) is 0 Å². The standard InChI is InChI=1S/C15H13F3N4O2/c16-15(17,18)14(24)8-22(9-14)13(23)19-12-7-6-11(20-21-12)10-4-2-1-3-5-10/h1-7,24H,8-9H2,(H,19,21,23). The summed E-state index contributed by atoms with van der Waals surface area (Å²) in [4.78, 5) is 12.7. The summed E-state index contributed by atoms with van der Waals surface area (Å²) >= 11 is 0. The lowest BCUT2D eigenvalue weighted by atomic mass is 9.94. The SMILES string of the molecule is O=C(Nc1ccc(-c2ccccc2)nn1)N1CC(O)(C(F)(F)F)C1. The zero-order chi connectivity index (χ0) is 17.4. The molecule has 1 saturated heterocycles. The van der Waals surface area contributed by atoms with Gasteiger partial charge in [0.05, 0.1) is 18.8 Å². The van der Waals surface area contributed by atoms with Crippen LogP contribution in [0.4, 0.5) is 23.8 Å². The number of aromatic nitrogens is 2. The Kier molecular flexibility index (Phi) is 3.88. The Balaban J connectivity index is 1.60. The zero-order valence-corrected chi connectivity index (χ0v) is 12.3. The van der Waals surface area contributed by atoms with Crippen molar-refractivity contribution < 1.29 is 23.1 Å². The number of hydrogen-bond donors (Lipinski definition) is 2. The molecule has 2 heterocycles. The summed E-state index contributed by atoms with van der Waals surface area (Å²) in [6, 6.07) is 11.6. The third-order valence-electron chi connectivity index (χ3n) is 3.69. The van der Waals surface area contributed by atoms with Crippen molar-refractivity contribution in [2.24, 2.45) is 0 Å². The van der Waals surface area contributed by atoms with Gasteiger partial charge in [-0.2, -0.15) is 13.2 Å². The normalized spacial score (nSPS) is 16.4. The molecule has 24 heavy (non-hydrogen) atoms. The fourth-order valence-electron chi connectivity index (χ4n) is 2.26. The summed E-state index contributed by atoms with van der Waals surface area (Å²) in [5.41, 5.74) is -1.39. The minimum atomic E-state index is -4.76. The molecule has 2 N–H and O–H groups in total. The van der Waals surface area contributed by atoms with Gasteiger partial charge in [-0.15, -0.1) is 10.2 Å². The van der Waals surface area contributed by atoms with Gasteiger partial charge in [0.1, 0.15) is 0 Å². The van der Waals surface area contributed by atoms with E-state index in [0.717, 1.165) is 10.5 Å². The Bertz CT molecular complexity index is 729. The summed E-state index contributed by atoms with van der Waals surface area (Å²) < 4.78 is 37.6. The van der Waals surface area contributed by atoms with Gasteiger partial charge < -0.3 is 10.0 Å². The second-order valence-corrected chi connectivity index (χ2v) is 5.49. The Morgan fingerprint density at radius 3 is 2.33 bits per heavy atom. The molecule has 0 atom stereocenters. The average molecular weight is 338 g/mol. The highest BCUT2D eigenvalue weighted by molar-refractivity contribution is 5.89. The molecule has 0 saturated carbocycles. The van der Waals surface area contributed by atoms with Gasteiger partial charge in [0.2, 0.25) is 0 Å². The van der Waals surface area contributed by atoms with Crippen LogP contribution in [-0.4, -0.2) is 51.1 Å². The molecule has 2 aromatic rings. The first-order valence-corrected chi connectivity index (χ1v) is 7.03. The van der Waals surface area contributed by atoms with E-state index in [4.69, 9.17) is 0 Å². The van der Waals surface area contributed by atoms with Crippen LogP contribution in [0.15, 0.2) is 42.5 Å². The number of likely N-dealkylation sites (tertiary alicyclic amines) is 1. The number of nitrogens with one attached hydrogen (secondary N) is 1. The molecule has 1 aromatic heterocycles. The summed E-state index contributed by atoms with van der Waals surface area (Å²) in [6.07, 6.45) is -4.76. The maximum Gasteiger partial charge on any atom is 0.420 e. The molecular weight excluding hydrogens is 325 g/mol. The number of halogens is 3. The molecule has 0 aliphatic carbocycles. The number of benzene rings is 1. The van der Waals surface area contributed by atoms with Gasteiger partial charge in [0.15, 0.2) is 11.4 Å². The highest BCUT2D eigenvalue weighted by atomic mass is 19.4. The Labute approximate surface area is 134 Å². The number of hydrogen-bond acceptors (Lipinski definition) is 4. The third kappa shape index (κ3) is 3.02. The van der Waals surface area contributed by atoms with E-state index in [-0.39, 0.29) is 5.82 Å². The number of carbonyl (C=O) groups excluding carboxylic acids is 1. The number of β-amino-alcohol motifs (C(OH)–C–C–N with tert-alkyl or cyclic N) is 1. The van der Waals surface area contributed by atoms with Gasteiger partial charge in [-0.05, 0) is 12.1 Å². The molecule has 9 heteroatoms. The molecule has 1 aliphatic rings. The Hall–Kier alpha value is -2.68. The average Bonchev–Trinajstić information content (AvgIpc) is 2.52. The van der Waals surface area contributed by atoms with E-state index in [1.165, 1.54) is 6.07 Å². The van der Waals surface area contributed by atoms with Gasteiger partial charge in [-0.3, -0.25) is 5.32 Å². The lowest BCUT2D eigenvalue weighted by Gasteiger charge is -2.46. The van der Waals surface area contributed by atoms with E-state index in [2.05, 4.69) is 15.5 Å². The van der Waals surface area contributed by atoms with Crippen LogP contribution in [0.25, 0.3) is 11.3 Å². The van der Waals surface area contributed by atoms with Crippen molar-refractivity contribution in [3.8, 4) is 11.3 Å². The lowest BCUT2D eigenvalue weighted by molar-refractivity contribution is -0.293. The third-order valence-corrected chi connectivity index (χ3v) is 3.69. The molecule has 0 radical (unpaired) electrons. The molecule has 1 aliphatic heterocycles. The van der Waals surface area contributed by atoms with Crippen molar-refractivity contribution in [1.82, 2.24) is 15.1 Å². The largest absolute Gasteiger partial charge is 0.420 e. The van der Waals surface area contributed by atoms with Gasteiger partial charge in [-0.1, -0.05) is 30.3 Å². The van der Waals surface area contributed by atoms with Crippen LogP contribution in [-0.2, 0) is 0 Å². The van der Waals surface area contributed by atoms with Crippen molar-refractivity contribution in [2.75, 3.05) is 18.4 Å². The van der Waals surface area contributed by atoms with E-state index in [9.17, 15) is 23.1 Å². The molecule has 126 valence electrons. The predicted octanol–water partition coefficient (Wildman–Crippen LogP) is 2.28. The van der Waals surface area contributed by atoms with E-state index >= 15 is 0 Å². The highest BCUT2D eigenvalue weighted by Crippen LogP contribution is 2.37. The number of aliphatic hydroxyl groups is 1. The Morgan fingerprint density at radius 2 is 1.79 bits per heavy atom. The van der Waals surface area contributed by atoms with Crippen LogP contribution in [0.3, 0.4) is 0 Å². The van der Waals surface area contributed by atoms with Crippen LogP contribution in [0, 0.1) is 0 Å². The fourth-order valence-corrected chi connectivity index (χ4v) is 2.26. The smallest absolute Gasteiger partial charge is 0.378 e. The number of anilines is 1. The maximum absolute atomic E-state index is 12.5. The van der Waals surface area contributed by atoms with Crippen LogP contribution in [0.2, 0.25) is 0 Å². The monoisotopic (exact) mass is 338 g/mol. The van der Waals surface area contributed by atoms with Crippen molar-refractivity contribution in [3.63, 3.8) is 0 Å². The predicted molar refractivity (Wildman–Crippen MR) is 79.1 cm³/mol. The Morgan fingerprint density at radius 1 is 1.12 bits per heavy atom. The van der Waals surface area contributed by atoms with E-state index in [0.29, 0.717) is 5.69 Å². The first-order valence-electron chi connectivity index (χ1n) is 7.03. The van der Waals surface area contributed by atoms with Gasteiger partial charge in [-0.25, -0.2) is 4.79 Å². The van der Waals surface area contributed by atoms with Crippen LogP contribution >= 0.6 is 0 Å². The highest BCUT2D eigenvalue weighted by Gasteiger charge is 2.62. The van der Waals surface area contributed by atoms with E-state index in [1.54, 1.807) is 6.07 Å². The molecule has 1 aromatic carbocycles. The first kappa shape index (κ1) is 16.2. The molecule has 3 rings (SSSR count). The topological polar surface area (TPSA) is 78.4 Å². The number of nitrogens with zero attached hydrogens (tertiary/aromatic N) is 3. The lowest BCUT2D eigenvalue weighted by Crippen LogP contribution is -2.70. The maximum atomic E-state index is 12.5. The number of alkyl halides is 3. The van der Waals surface area contributed by atoms with E-state index in [1.807, 2.05) is 30.3 Å². The van der Waals surface area contributed by atoms with Crippen molar-refractivity contribution >= 4 is 11.8 Å². The fraction of sp³-hybridized carbons (Fsp3) is 0.267. The van der Waals surface area contributed by atoms with Gasteiger partial charge in [0.25, 0.3) is 0 Å². The summed E-state index contributed by atoms with van der Waals surface area (Å²) in [5, 5.41) is 19.5. The minimum Gasteiger partial charge on any atom is -0.378 e. The number of amides is 2. The number of urea groups is 1. The molecule has 0 bridgehead atoms. The second kappa shape index (κ2) is 5.75. The first-order chi connectivity index (χ1) is 11.3. The summed E-state index contributed by atoms with van der Waals surface area (Å²) in [7, 11) is 0. The van der Waals surface area contributed by atoms with Crippen molar-refractivity contribution in [3.05, 3.63) is 42.5 Å². The molecule has 0 unspecified atom stereocenters. The summed E-state index contributed by atoms with van der Waals surface area (Å²) in [6.45, 7) is -1.62. The van der Waals surface area contributed by atoms with Crippen LogP contribution in [0.1, 0.15) is 0 Å². The van der Waals surface area contributed by atoms with Gasteiger partial charge in [0, 0.05) is 5.56 Å². The van der Waals surface area contributed by atoms with E-state index < -0.39 is 30.9 Å². The molecule has 6 nitrogen and oxygen atoms in total. The van der Waals surface area contributed by atoms with Crippen LogP contribution < -0.4 is 5.32 Å². The number of carbonyl (C=O) groups is 1. The summed E-state index contributed by atoms with van der Waals surface area (Å²) in [5.74, 6) is 0.113. The zero-order valence-electron chi connectivity index (χ0n) is 12.3. The molecule has 0 spiro atoms. The number of rotatable bonds is 2. The molecule has 2 amide bonds. The minimum absolute atomic E-state index is 0.113. The second-order valence-electron chi connectivity index (χ2n) is 5.49. The molecule has 1 fully saturated rings. The van der Waals surface area contributed by atoms with Crippen LogP contribution in [0.5, 0.6) is 0 Å². The quantitative estimate of drug-likeness (QED) is 0.881. The molecular formula is C15H13F3N4O2. The van der Waals surface area contributed by atoms with Gasteiger partial charge >= 0.3 is 12.2 Å².